The number of carbonyl (C=O) groups is 1. The van der Waals surface area contributed by atoms with Crippen LogP contribution < -0.4 is 5.32 Å². The zero-order valence-electron chi connectivity index (χ0n) is 8.80. The third kappa shape index (κ3) is 2.47. The van der Waals surface area contributed by atoms with E-state index in [1.807, 2.05) is 0 Å². The van der Waals surface area contributed by atoms with E-state index in [0.717, 1.165) is 44.9 Å². The first-order valence-corrected chi connectivity index (χ1v) is 5.85. The average molecular weight is 196 g/mol. The molecular formula is C11H20N2O. The van der Waals surface area contributed by atoms with Crippen LogP contribution in [0.4, 0.5) is 0 Å². The lowest BCUT2D eigenvalue weighted by molar-refractivity contribution is -0.134. The first kappa shape index (κ1) is 9.97. The van der Waals surface area contributed by atoms with E-state index in [-0.39, 0.29) is 0 Å². The third-order valence-electron chi connectivity index (χ3n) is 3.36. The maximum atomic E-state index is 11.6. The number of hydrogen-bond donors (Lipinski definition) is 1. The number of nitrogens with one attached hydrogen (secondary N) is 1. The van der Waals surface area contributed by atoms with Crippen molar-refractivity contribution in [1.29, 1.82) is 0 Å². The molecule has 1 N–H and O–H groups in total. The molecule has 2 aliphatic rings. The van der Waals surface area contributed by atoms with Crippen LogP contribution in [0.2, 0.25) is 0 Å². The van der Waals surface area contributed by atoms with Crippen LogP contribution in [0.25, 0.3) is 0 Å². The quantitative estimate of drug-likeness (QED) is 0.714. The van der Waals surface area contributed by atoms with E-state index in [4.69, 9.17) is 0 Å². The minimum Gasteiger partial charge on any atom is -0.342 e. The first-order chi connectivity index (χ1) is 6.86. The van der Waals surface area contributed by atoms with E-state index in [0.29, 0.717) is 5.91 Å². The van der Waals surface area contributed by atoms with Gasteiger partial charge in [-0.15, -0.1) is 0 Å². The number of nitrogens with zero attached hydrogens (tertiary/aromatic N) is 1. The van der Waals surface area contributed by atoms with E-state index in [1.54, 1.807) is 0 Å². The summed E-state index contributed by atoms with van der Waals surface area (Å²) in [6, 6.07) is 0. The molecule has 2 saturated heterocycles. The van der Waals surface area contributed by atoms with Crippen molar-refractivity contribution in [3.05, 3.63) is 0 Å². The predicted molar refractivity (Wildman–Crippen MR) is 56.0 cm³/mol. The molecule has 0 spiro atoms. The van der Waals surface area contributed by atoms with Crippen LogP contribution in [0.15, 0.2) is 0 Å². The van der Waals surface area contributed by atoms with Crippen LogP contribution in [0.1, 0.15) is 32.1 Å². The highest BCUT2D eigenvalue weighted by molar-refractivity contribution is 5.76. The Hall–Kier alpha value is -0.570. The van der Waals surface area contributed by atoms with Gasteiger partial charge in [-0.25, -0.2) is 0 Å². The minimum atomic E-state index is 0.384. The van der Waals surface area contributed by atoms with E-state index in [1.165, 1.54) is 19.3 Å². The molecule has 1 amide bonds. The largest absolute Gasteiger partial charge is 0.342 e. The molecule has 2 aliphatic heterocycles. The summed E-state index contributed by atoms with van der Waals surface area (Å²) in [4.78, 5) is 13.7. The summed E-state index contributed by atoms with van der Waals surface area (Å²) in [7, 11) is 0. The zero-order chi connectivity index (χ0) is 9.80. The topological polar surface area (TPSA) is 32.3 Å². The Morgan fingerprint density at radius 1 is 1.29 bits per heavy atom. The van der Waals surface area contributed by atoms with Gasteiger partial charge in [0, 0.05) is 19.5 Å². The van der Waals surface area contributed by atoms with Gasteiger partial charge < -0.3 is 10.2 Å². The Morgan fingerprint density at radius 2 is 2.07 bits per heavy atom. The second-order valence-electron chi connectivity index (χ2n) is 4.49. The fourth-order valence-electron chi connectivity index (χ4n) is 2.43. The maximum absolute atomic E-state index is 11.6. The van der Waals surface area contributed by atoms with Gasteiger partial charge in [0.15, 0.2) is 0 Å². The Balaban J connectivity index is 1.79. The summed E-state index contributed by atoms with van der Waals surface area (Å²) in [5.41, 5.74) is 0. The molecular weight excluding hydrogens is 176 g/mol. The van der Waals surface area contributed by atoms with Crippen LogP contribution >= 0.6 is 0 Å². The number of carbonyl (C=O) groups excluding carboxylic acids is 1. The summed E-state index contributed by atoms with van der Waals surface area (Å²) in [5.74, 6) is 1.13. The van der Waals surface area contributed by atoms with Crippen molar-refractivity contribution in [3.8, 4) is 0 Å². The molecule has 0 radical (unpaired) electrons. The summed E-state index contributed by atoms with van der Waals surface area (Å²) in [5, 5.41) is 3.36. The Morgan fingerprint density at radius 3 is 2.79 bits per heavy atom. The van der Waals surface area contributed by atoms with Crippen molar-refractivity contribution >= 4 is 5.91 Å². The highest BCUT2D eigenvalue weighted by Gasteiger charge is 2.22. The zero-order valence-corrected chi connectivity index (χ0v) is 8.80. The lowest BCUT2D eigenvalue weighted by Gasteiger charge is -2.32. The second kappa shape index (κ2) is 4.78. The van der Waals surface area contributed by atoms with Crippen molar-refractivity contribution in [1.82, 2.24) is 10.2 Å². The molecule has 3 heteroatoms. The molecule has 0 aromatic rings. The van der Waals surface area contributed by atoms with Crippen molar-refractivity contribution < 1.29 is 4.79 Å². The minimum absolute atomic E-state index is 0.384. The third-order valence-corrected chi connectivity index (χ3v) is 3.36. The molecule has 80 valence electrons. The summed E-state index contributed by atoms with van der Waals surface area (Å²) in [6.07, 6.45) is 5.57. The van der Waals surface area contributed by atoms with Crippen molar-refractivity contribution in [3.63, 3.8) is 0 Å². The molecule has 2 heterocycles. The molecule has 0 aromatic carbocycles. The summed E-state index contributed by atoms with van der Waals surface area (Å²) in [6.45, 7) is 4.28. The smallest absolute Gasteiger partial charge is 0.222 e. The average Bonchev–Trinajstić information content (AvgIpc) is 2.23. The lowest BCUT2D eigenvalue weighted by Crippen LogP contribution is -2.41. The van der Waals surface area contributed by atoms with Crippen LogP contribution in [0.5, 0.6) is 0 Å². The first-order valence-electron chi connectivity index (χ1n) is 5.85. The normalized spacial score (nSPS) is 25.4. The van der Waals surface area contributed by atoms with Crippen molar-refractivity contribution in [2.45, 2.75) is 32.1 Å². The standard InChI is InChI=1S/C11H20N2O/c14-11-3-1-2-8-13(11)9-10-4-6-12-7-5-10/h10,12H,1-9H2. The molecule has 2 fully saturated rings. The molecule has 2 rings (SSSR count). The highest BCUT2D eigenvalue weighted by atomic mass is 16.2. The van der Waals surface area contributed by atoms with Gasteiger partial charge in [-0.05, 0) is 44.7 Å². The number of piperidine rings is 2. The summed E-state index contributed by atoms with van der Waals surface area (Å²) < 4.78 is 0. The molecule has 0 bridgehead atoms. The van der Waals surface area contributed by atoms with Crippen LogP contribution in [-0.4, -0.2) is 37.0 Å². The van der Waals surface area contributed by atoms with E-state index >= 15 is 0 Å². The van der Waals surface area contributed by atoms with Gasteiger partial charge in [0.25, 0.3) is 0 Å². The number of hydrogen-bond acceptors (Lipinski definition) is 2. The molecule has 3 nitrogen and oxygen atoms in total. The SMILES string of the molecule is O=C1CCCCN1CC1CCNCC1. The van der Waals surface area contributed by atoms with Gasteiger partial charge in [-0.3, -0.25) is 4.79 Å². The van der Waals surface area contributed by atoms with E-state index in [9.17, 15) is 4.79 Å². The molecule has 0 aliphatic carbocycles. The highest BCUT2D eigenvalue weighted by Crippen LogP contribution is 2.17. The van der Waals surface area contributed by atoms with Gasteiger partial charge >= 0.3 is 0 Å². The molecule has 14 heavy (non-hydrogen) atoms. The number of amides is 1. The number of likely N-dealkylation sites (tertiary alicyclic amines) is 1. The van der Waals surface area contributed by atoms with Gasteiger partial charge in [-0.2, -0.15) is 0 Å². The maximum Gasteiger partial charge on any atom is 0.222 e. The van der Waals surface area contributed by atoms with Gasteiger partial charge in [0.05, 0.1) is 0 Å². The van der Waals surface area contributed by atoms with Crippen LogP contribution in [-0.2, 0) is 4.79 Å². The Labute approximate surface area is 85.8 Å². The fraction of sp³-hybridized carbons (Fsp3) is 0.909. The van der Waals surface area contributed by atoms with Gasteiger partial charge in [0.1, 0.15) is 0 Å². The predicted octanol–water partition coefficient (Wildman–Crippen LogP) is 0.998. The second-order valence-corrected chi connectivity index (χ2v) is 4.49. The Kier molecular flexibility index (Phi) is 3.40. The molecule has 0 aromatic heterocycles. The fourth-order valence-corrected chi connectivity index (χ4v) is 2.43. The Bertz CT molecular complexity index is 199. The number of rotatable bonds is 2. The van der Waals surface area contributed by atoms with Crippen molar-refractivity contribution in [2.24, 2.45) is 5.92 Å². The summed E-state index contributed by atoms with van der Waals surface area (Å²) >= 11 is 0. The van der Waals surface area contributed by atoms with E-state index < -0.39 is 0 Å². The lowest BCUT2D eigenvalue weighted by atomic mass is 9.96. The molecule has 0 atom stereocenters. The molecule has 0 saturated carbocycles. The van der Waals surface area contributed by atoms with Crippen LogP contribution in [0.3, 0.4) is 0 Å². The van der Waals surface area contributed by atoms with Crippen molar-refractivity contribution in [2.75, 3.05) is 26.2 Å². The van der Waals surface area contributed by atoms with E-state index in [2.05, 4.69) is 10.2 Å². The monoisotopic (exact) mass is 196 g/mol. The van der Waals surface area contributed by atoms with Gasteiger partial charge in [-0.1, -0.05) is 0 Å². The van der Waals surface area contributed by atoms with Crippen LogP contribution in [0, 0.1) is 5.92 Å². The molecule has 0 unspecified atom stereocenters. The van der Waals surface area contributed by atoms with Gasteiger partial charge in [0.2, 0.25) is 5.91 Å².